The van der Waals surface area contributed by atoms with Gasteiger partial charge >= 0.3 is 5.97 Å². The number of ether oxygens (including phenoxy) is 1. The fourth-order valence-electron chi connectivity index (χ4n) is 2.79. The SMILES string of the molecule is COC(=O)c1cccc(NC(=O)c2cc(C)nc3c2c(C)nn3C)c1. The number of esters is 1. The van der Waals surface area contributed by atoms with Crippen LogP contribution in [0.5, 0.6) is 0 Å². The highest BCUT2D eigenvalue weighted by atomic mass is 16.5. The minimum atomic E-state index is -0.457. The number of pyridine rings is 1. The Hall–Kier alpha value is -3.22. The minimum absolute atomic E-state index is 0.284. The molecule has 0 radical (unpaired) electrons. The van der Waals surface area contributed by atoms with E-state index in [1.54, 1.807) is 42.1 Å². The molecule has 128 valence electrons. The van der Waals surface area contributed by atoms with Crippen molar-refractivity contribution in [2.24, 2.45) is 7.05 Å². The molecule has 1 N–H and O–H groups in total. The average molecular weight is 338 g/mol. The van der Waals surface area contributed by atoms with Crippen molar-refractivity contribution in [2.75, 3.05) is 12.4 Å². The van der Waals surface area contributed by atoms with Crippen LogP contribution in [0.25, 0.3) is 11.0 Å². The predicted octanol–water partition coefficient (Wildman–Crippen LogP) is 2.62. The van der Waals surface area contributed by atoms with E-state index in [2.05, 4.69) is 15.4 Å². The van der Waals surface area contributed by atoms with Gasteiger partial charge in [-0.3, -0.25) is 9.48 Å². The van der Waals surface area contributed by atoms with Crippen LogP contribution in [-0.4, -0.2) is 33.8 Å². The van der Waals surface area contributed by atoms with E-state index < -0.39 is 5.97 Å². The van der Waals surface area contributed by atoms with Crippen molar-refractivity contribution in [1.82, 2.24) is 14.8 Å². The molecule has 7 heteroatoms. The lowest BCUT2D eigenvalue weighted by Crippen LogP contribution is -2.14. The lowest BCUT2D eigenvalue weighted by molar-refractivity contribution is 0.0600. The summed E-state index contributed by atoms with van der Waals surface area (Å²) in [6, 6.07) is 8.33. The summed E-state index contributed by atoms with van der Waals surface area (Å²) in [4.78, 5) is 28.9. The highest BCUT2D eigenvalue weighted by molar-refractivity contribution is 6.12. The number of nitrogens with one attached hydrogen (secondary N) is 1. The Kier molecular flexibility index (Phi) is 4.22. The predicted molar refractivity (Wildman–Crippen MR) is 93.7 cm³/mol. The summed E-state index contributed by atoms with van der Waals surface area (Å²) in [5.74, 6) is -0.741. The summed E-state index contributed by atoms with van der Waals surface area (Å²) in [6.45, 7) is 3.67. The first-order valence-electron chi connectivity index (χ1n) is 7.71. The number of fused-ring (bicyclic) bond motifs is 1. The lowest BCUT2D eigenvalue weighted by Gasteiger charge is -2.09. The number of aryl methyl sites for hydroxylation is 3. The van der Waals surface area contributed by atoms with Crippen LogP contribution in [0.2, 0.25) is 0 Å². The summed E-state index contributed by atoms with van der Waals surface area (Å²) in [7, 11) is 3.11. The molecular formula is C18H18N4O3. The molecule has 3 rings (SSSR count). The maximum atomic E-state index is 12.8. The first-order chi connectivity index (χ1) is 11.9. The van der Waals surface area contributed by atoms with E-state index in [9.17, 15) is 9.59 Å². The van der Waals surface area contributed by atoms with Crippen LogP contribution in [0.4, 0.5) is 5.69 Å². The molecule has 0 spiro atoms. The van der Waals surface area contributed by atoms with Crippen molar-refractivity contribution in [1.29, 1.82) is 0 Å². The summed E-state index contributed by atoms with van der Waals surface area (Å²) in [5, 5.41) is 7.88. The van der Waals surface area contributed by atoms with Gasteiger partial charge in [-0.05, 0) is 38.1 Å². The zero-order valence-electron chi connectivity index (χ0n) is 14.5. The number of rotatable bonds is 3. The molecule has 0 saturated heterocycles. The van der Waals surface area contributed by atoms with Crippen LogP contribution in [-0.2, 0) is 11.8 Å². The van der Waals surface area contributed by atoms with Gasteiger partial charge in [0, 0.05) is 18.4 Å². The van der Waals surface area contributed by atoms with Crippen molar-refractivity contribution in [2.45, 2.75) is 13.8 Å². The standard InChI is InChI=1S/C18H18N4O3/c1-10-8-14(15-11(2)21-22(3)16(15)19-10)17(23)20-13-7-5-6-12(9-13)18(24)25-4/h5-9H,1-4H3,(H,20,23). The van der Waals surface area contributed by atoms with E-state index in [0.29, 0.717) is 22.5 Å². The molecule has 0 unspecified atom stereocenters. The van der Waals surface area contributed by atoms with Gasteiger partial charge in [0.05, 0.1) is 29.3 Å². The van der Waals surface area contributed by atoms with E-state index in [-0.39, 0.29) is 5.91 Å². The number of hydrogen-bond acceptors (Lipinski definition) is 5. The summed E-state index contributed by atoms with van der Waals surface area (Å²) in [6.07, 6.45) is 0. The van der Waals surface area contributed by atoms with Gasteiger partial charge < -0.3 is 10.1 Å². The van der Waals surface area contributed by atoms with Crippen LogP contribution in [0.3, 0.4) is 0 Å². The van der Waals surface area contributed by atoms with Crippen LogP contribution in [0.1, 0.15) is 32.1 Å². The summed E-state index contributed by atoms with van der Waals surface area (Å²) in [5.41, 5.74) is 3.50. The summed E-state index contributed by atoms with van der Waals surface area (Å²) >= 11 is 0. The van der Waals surface area contributed by atoms with Crippen molar-refractivity contribution < 1.29 is 14.3 Å². The maximum absolute atomic E-state index is 12.8. The molecule has 0 bridgehead atoms. The van der Waals surface area contributed by atoms with Crippen LogP contribution < -0.4 is 5.32 Å². The number of carbonyl (C=O) groups is 2. The second kappa shape index (κ2) is 6.35. The van der Waals surface area contributed by atoms with Gasteiger partial charge in [0.25, 0.3) is 5.91 Å². The minimum Gasteiger partial charge on any atom is -0.465 e. The zero-order valence-corrected chi connectivity index (χ0v) is 14.5. The van der Waals surface area contributed by atoms with Gasteiger partial charge in [0.15, 0.2) is 5.65 Å². The van der Waals surface area contributed by atoms with Crippen molar-refractivity contribution in [3.8, 4) is 0 Å². The Bertz CT molecular complexity index is 991. The second-order valence-electron chi connectivity index (χ2n) is 5.75. The Morgan fingerprint density at radius 1 is 1.20 bits per heavy atom. The fourth-order valence-corrected chi connectivity index (χ4v) is 2.79. The molecule has 0 aliphatic heterocycles. The maximum Gasteiger partial charge on any atom is 0.337 e. The molecule has 7 nitrogen and oxygen atoms in total. The summed E-state index contributed by atoms with van der Waals surface area (Å²) < 4.78 is 6.36. The number of amides is 1. The lowest BCUT2D eigenvalue weighted by atomic mass is 10.1. The van der Waals surface area contributed by atoms with Gasteiger partial charge in [-0.2, -0.15) is 5.10 Å². The Morgan fingerprint density at radius 3 is 2.68 bits per heavy atom. The highest BCUT2D eigenvalue weighted by Gasteiger charge is 2.18. The van der Waals surface area contributed by atoms with Crippen molar-refractivity contribution >= 4 is 28.6 Å². The van der Waals surface area contributed by atoms with Crippen LogP contribution in [0, 0.1) is 13.8 Å². The monoisotopic (exact) mass is 338 g/mol. The fraction of sp³-hybridized carbons (Fsp3) is 0.222. The van der Waals surface area contributed by atoms with Gasteiger partial charge in [0.2, 0.25) is 0 Å². The molecule has 0 atom stereocenters. The molecule has 0 fully saturated rings. The van der Waals surface area contributed by atoms with E-state index in [1.807, 2.05) is 13.8 Å². The van der Waals surface area contributed by atoms with E-state index >= 15 is 0 Å². The first kappa shape index (κ1) is 16.6. The number of carbonyl (C=O) groups excluding carboxylic acids is 2. The highest BCUT2D eigenvalue weighted by Crippen LogP contribution is 2.23. The number of aromatic nitrogens is 3. The molecular weight excluding hydrogens is 320 g/mol. The van der Waals surface area contributed by atoms with Crippen molar-refractivity contribution in [3.05, 3.63) is 52.8 Å². The third-order valence-electron chi connectivity index (χ3n) is 3.88. The number of methoxy groups -OCH3 is 1. The molecule has 0 aliphatic carbocycles. The molecule has 1 aromatic carbocycles. The molecule has 25 heavy (non-hydrogen) atoms. The van der Waals surface area contributed by atoms with Crippen LogP contribution >= 0.6 is 0 Å². The van der Waals surface area contributed by atoms with Crippen LogP contribution in [0.15, 0.2) is 30.3 Å². The molecule has 2 heterocycles. The Balaban J connectivity index is 2.00. The number of benzene rings is 1. The largest absolute Gasteiger partial charge is 0.465 e. The number of hydrogen-bond donors (Lipinski definition) is 1. The molecule has 0 aliphatic rings. The average Bonchev–Trinajstić information content (AvgIpc) is 2.87. The van der Waals surface area contributed by atoms with E-state index in [0.717, 1.165) is 16.8 Å². The molecule has 2 aromatic heterocycles. The number of nitrogens with zero attached hydrogens (tertiary/aromatic N) is 3. The third kappa shape index (κ3) is 3.08. The second-order valence-corrected chi connectivity index (χ2v) is 5.75. The Labute approximate surface area is 144 Å². The zero-order chi connectivity index (χ0) is 18.1. The Morgan fingerprint density at radius 2 is 1.96 bits per heavy atom. The quantitative estimate of drug-likeness (QED) is 0.742. The van der Waals surface area contributed by atoms with E-state index in [4.69, 9.17) is 4.74 Å². The van der Waals surface area contributed by atoms with Gasteiger partial charge in [-0.25, -0.2) is 9.78 Å². The smallest absolute Gasteiger partial charge is 0.337 e. The van der Waals surface area contributed by atoms with Crippen molar-refractivity contribution in [3.63, 3.8) is 0 Å². The number of anilines is 1. The van der Waals surface area contributed by atoms with Gasteiger partial charge in [0.1, 0.15) is 0 Å². The molecule has 1 amide bonds. The van der Waals surface area contributed by atoms with Gasteiger partial charge in [-0.1, -0.05) is 6.07 Å². The topological polar surface area (TPSA) is 86.1 Å². The van der Waals surface area contributed by atoms with E-state index in [1.165, 1.54) is 7.11 Å². The normalized spacial score (nSPS) is 10.7. The first-order valence-corrected chi connectivity index (χ1v) is 7.71. The molecule has 3 aromatic rings. The molecule has 0 saturated carbocycles. The third-order valence-corrected chi connectivity index (χ3v) is 3.88. The van der Waals surface area contributed by atoms with Gasteiger partial charge in [-0.15, -0.1) is 0 Å².